The molecule has 0 N–H and O–H groups in total. The summed E-state index contributed by atoms with van der Waals surface area (Å²) in [6.07, 6.45) is 2.76. The van der Waals surface area contributed by atoms with Gasteiger partial charge in [0, 0.05) is 20.0 Å². The lowest BCUT2D eigenvalue weighted by Crippen LogP contribution is -2.27. The van der Waals surface area contributed by atoms with Crippen molar-refractivity contribution in [1.82, 2.24) is 13.6 Å². The summed E-state index contributed by atoms with van der Waals surface area (Å²) in [5.74, 6) is 0.564. The van der Waals surface area contributed by atoms with Crippen molar-refractivity contribution in [3.8, 4) is 0 Å². The highest BCUT2D eigenvalue weighted by Gasteiger charge is 2.25. The summed E-state index contributed by atoms with van der Waals surface area (Å²) in [4.78, 5) is 14.4. The number of rotatable bonds is 4. The smallest absolute Gasteiger partial charge is 0.223 e. The van der Waals surface area contributed by atoms with Crippen LogP contribution in [0.4, 0.5) is 0 Å². The van der Waals surface area contributed by atoms with Gasteiger partial charge in [-0.1, -0.05) is 30.3 Å². The number of hydrogen-bond acceptors (Lipinski definition) is 4. The van der Waals surface area contributed by atoms with Gasteiger partial charge in [-0.2, -0.15) is 8.75 Å². The maximum Gasteiger partial charge on any atom is 0.223 e. The molecule has 0 spiro atoms. The fourth-order valence-corrected chi connectivity index (χ4v) is 4.03. The van der Waals surface area contributed by atoms with E-state index < -0.39 is 0 Å². The van der Waals surface area contributed by atoms with Gasteiger partial charge in [0.2, 0.25) is 5.91 Å². The molecule has 122 valence electrons. The number of aryl methyl sites for hydroxylation is 1. The predicted octanol–water partition coefficient (Wildman–Crippen LogP) is 3.77. The van der Waals surface area contributed by atoms with Crippen LogP contribution in [0.15, 0.2) is 42.5 Å². The summed E-state index contributed by atoms with van der Waals surface area (Å²) < 4.78 is 8.48. The molecular formula is C19H19N3OS. The van der Waals surface area contributed by atoms with Gasteiger partial charge in [0.25, 0.3) is 0 Å². The lowest BCUT2D eigenvalue weighted by Gasteiger charge is -2.20. The Balaban J connectivity index is 1.43. The van der Waals surface area contributed by atoms with Gasteiger partial charge in [0.1, 0.15) is 11.0 Å². The lowest BCUT2D eigenvalue weighted by molar-refractivity contribution is -0.130. The van der Waals surface area contributed by atoms with Crippen LogP contribution in [-0.4, -0.2) is 26.6 Å². The van der Waals surface area contributed by atoms with E-state index in [-0.39, 0.29) is 5.91 Å². The number of amides is 1. The number of nitrogens with zero attached hydrogens (tertiary/aromatic N) is 3. The van der Waals surface area contributed by atoms with Crippen LogP contribution in [0, 0.1) is 0 Å². The normalized spacial score (nSPS) is 16.3. The first kappa shape index (κ1) is 15.3. The van der Waals surface area contributed by atoms with Crippen LogP contribution in [-0.2, 0) is 17.8 Å². The second-order valence-corrected chi connectivity index (χ2v) is 7.00. The Bertz CT molecular complexity index is 889. The minimum atomic E-state index is 0.202. The van der Waals surface area contributed by atoms with Crippen molar-refractivity contribution in [2.45, 2.75) is 31.7 Å². The average molecular weight is 337 g/mol. The number of aromatic nitrogens is 2. The molecule has 5 heteroatoms. The third kappa shape index (κ3) is 2.91. The molecule has 0 bridgehead atoms. The van der Waals surface area contributed by atoms with Crippen LogP contribution < -0.4 is 0 Å². The molecule has 3 aromatic rings. The van der Waals surface area contributed by atoms with Crippen molar-refractivity contribution < 1.29 is 4.79 Å². The van der Waals surface area contributed by atoms with E-state index >= 15 is 0 Å². The number of carbonyl (C=O) groups is 1. The highest BCUT2D eigenvalue weighted by Crippen LogP contribution is 2.35. The number of carbonyl (C=O) groups excluding carboxylic acids is 1. The summed E-state index contributed by atoms with van der Waals surface area (Å²) in [6, 6.07) is 14.5. The molecular weight excluding hydrogens is 318 g/mol. The fraction of sp³-hybridized carbons (Fsp3) is 0.316. The Morgan fingerprint density at radius 2 is 2.04 bits per heavy atom. The number of hydrogen-bond donors (Lipinski definition) is 0. The SMILES string of the molecule is CN(Cc1ccc2nsnc2c1)C(=O)CC1CCc2ccccc21. The number of benzene rings is 2. The first-order valence-electron chi connectivity index (χ1n) is 8.23. The van der Waals surface area contributed by atoms with Crippen LogP contribution in [0.2, 0.25) is 0 Å². The van der Waals surface area contributed by atoms with Crippen molar-refractivity contribution in [3.05, 3.63) is 59.2 Å². The molecule has 0 fully saturated rings. The molecule has 2 aromatic carbocycles. The molecule has 0 radical (unpaired) electrons. The van der Waals surface area contributed by atoms with Gasteiger partial charge < -0.3 is 4.90 Å². The van der Waals surface area contributed by atoms with E-state index in [9.17, 15) is 4.79 Å². The van der Waals surface area contributed by atoms with Gasteiger partial charge in [0.15, 0.2) is 0 Å². The molecule has 0 saturated carbocycles. The molecule has 1 aliphatic rings. The van der Waals surface area contributed by atoms with Crippen LogP contribution in [0.1, 0.15) is 35.4 Å². The monoisotopic (exact) mass is 337 g/mol. The van der Waals surface area contributed by atoms with Gasteiger partial charge in [0.05, 0.1) is 11.7 Å². The highest BCUT2D eigenvalue weighted by molar-refractivity contribution is 7.00. The van der Waals surface area contributed by atoms with Crippen molar-refractivity contribution in [2.24, 2.45) is 0 Å². The van der Waals surface area contributed by atoms with Crippen LogP contribution in [0.5, 0.6) is 0 Å². The van der Waals surface area contributed by atoms with E-state index in [1.807, 2.05) is 30.1 Å². The van der Waals surface area contributed by atoms with Crippen LogP contribution in [0.3, 0.4) is 0 Å². The Morgan fingerprint density at radius 3 is 2.96 bits per heavy atom. The van der Waals surface area contributed by atoms with E-state index in [0.29, 0.717) is 18.9 Å². The fourth-order valence-electron chi connectivity index (χ4n) is 3.51. The van der Waals surface area contributed by atoms with Gasteiger partial charge in [-0.05, 0) is 47.6 Å². The zero-order valence-corrected chi connectivity index (χ0v) is 14.4. The molecule has 0 aliphatic heterocycles. The Hall–Kier alpha value is -2.27. The first-order chi connectivity index (χ1) is 11.7. The highest BCUT2D eigenvalue weighted by atomic mass is 32.1. The Labute approximate surface area is 145 Å². The van der Waals surface area contributed by atoms with E-state index in [2.05, 4.69) is 33.0 Å². The third-order valence-electron chi connectivity index (χ3n) is 4.84. The summed E-state index contributed by atoms with van der Waals surface area (Å²) in [5, 5.41) is 0. The minimum Gasteiger partial charge on any atom is -0.341 e. The molecule has 1 aliphatic carbocycles. The Kier molecular flexibility index (Phi) is 4.02. The van der Waals surface area contributed by atoms with E-state index in [1.54, 1.807) is 0 Å². The third-order valence-corrected chi connectivity index (χ3v) is 5.40. The van der Waals surface area contributed by atoms with Crippen molar-refractivity contribution in [1.29, 1.82) is 0 Å². The average Bonchev–Trinajstić information content (AvgIpc) is 3.21. The van der Waals surface area contributed by atoms with Crippen molar-refractivity contribution >= 4 is 28.7 Å². The molecule has 0 saturated heterocycles. The molecule has 4 rings (SSSR count). The van der Waals surface area contributed by atoms with E-state index in [0.717, 1.165) is 29.4 Å². The molecule has 4 nitrogen and oxygen atoms in total. The van der Waals surface area contributed by atoms with Crippen molar-refractivity contribution in [3.63, 3.8) is 0 Å². The summed E-state index contributed by atoms with van der Waals surface area (Å²) in [7, 11) is 1.88. The molecule has 1 heterocycles. The summed E-state index contributed by atoms with van der Waals surface area (Å²) in [5.41, 5.74) is 5.68. The zero-order valence-electron chi connectivity index (χ0n) is 13.6. The van der Waals surface area contributed by atoms with Crippen LogP contribution >= 0.6 is 11.7 Å². The standard InChI is InChI=1S/C19H19N3OS/c1-22(12-13-6-9-17-18(10-13)21-24-20-17)19(23)11-15-8-7-14-4-2-3-5-16(14)15/h2-6,9-10,15H,7-8,11-12H2,1H3. The maximum atomic E-state index is 12.6. The maximum absolute atomic E-state index is 12.6. The van der Waals surface area contributed by atoms with E-state index in [4.69, 9.17) is 0 Å². The largest absolute Gasteiger partial charge is 0.341 e. The van der Waals surface area contributed by atoms with E-state index in [1.165, 1.54) is 22.9 Å². The number of fused-ring (bicyclic) bond motifs is 2. The molecule has 24 heavy (non-hydrogen) atoms. The van der Waals surface area contributed by atoms with Gasteiger partial charge >= 0.3 is 0 Å². The molecule has 1 unspecified atom stereocenters. The molecule has 1 aromatic heterocycles. The van der Waals surface area contributed by atoms with Crippen LogP contribution in [0.25, 0.3) is 11.0 Å². The quantitative estimate of drug-likeness (QED) is 0.728. The Morgan fingerprint density at radius 1 is 1.21 bits per heavy atom. The zero-order chi connectivity index (χ0) is 16.5. The second-order valence-electron chi connectivity index (χ2n) is 6.48. The van der Waals surface area contributed by atoms with Gasteiger partial charge in [-0.25, -0.2) is 0 Å². The van der Waals surface area contributed by atoms with Crippen molar-refractivity contribution in [2.75, 3.05) is 7.05 Å². The predicted molar refractivity (Wildman–Crippen MR) is 96.0 cm³/mol. The second kappa shape index (κ2) is 6.32. The molecule has 1 amide bonds. The summed E-state index contributed by atoms with van der Waals surface area (Å²) in [6.45, 7) is 0.612. The lowest BCUT2D eigenvalue weighted by atomic mass is 9.97. The minimum absolute atomic E-state index is 0.202. The van der Waals surface area contributed by atoms with Gasteiger partial charge in [-0.15, -0.1) is 0 Å². The molecule has 1 atom stereocenters. The topological polar surface area (TPSA) is 46.1 Å². The first-order valence-corrected chi connectivity index (χ1v) is 8.97. The van der Waals surface area contributed by atoms with Gasteiger partial charge in [-0.3, -0.25) is 4.79 Å². The summed E-state index contributed by atoms with van der Waals surface area (Å²) >= 11 is 1.22.